The Morgan fingerprint density at radius 3 is 2.23 bits per heavy atom. The number of amides is 2. The molecular weight excluding hydrogens is 431 g/mol. The summed E-state index contributed by atoms with van der Waals surface area (Å²) in [6.07, 6.45) is -2.12. The lowest BCUT2D eigenvalue weighted by Gasteiger charge is -2.49. The topological polar surface area (TPSA) is 110 Å². The molecule has 0 radical (unpaired) electrons. The van der Waals surface area contributed by atoms with Crippen LogP contribution in [0.5, 0.6) is 0 Å². The average molecular weight is 463 g/mol. The maximum atomic E-state index is 12.4. The van der Waals surface area contributed by atoms with Gasteiger partial charge >= 0.3 is 6.09 Å². The van der Waals surface area contributed by atoms with E-state index in [-0.39, 0.29) is 30.3 Å². The lowest BCUT2D eigenvalue weighted by molar-refractivity contribution is -0.131. The molecule has 0 fully saturated rings. The highest BCUT2D eigenvalue weighted by atomic mass is 35.5. The third kappa shape index (κ3) is 6.48. The number of hydrogen-bond donors (Lipinski definition) is 4. The van der Waals surface area contributed by atoms with E-state index in [9.17, 15) is 24.9 Å². The van der Waals surface area contributed by atoms with E-state index in [4.69, 9.17) is 23.2 Å². The second-order valence-corrected chi connectivity index (χ2v) is 9.49. The minimum atomic E-state index is -1.23. The molecule has 0 aliphatic rings. The number of likely N-dealkylation sites (N-methyl/N-ethyl adjacent to an activating group) is 1. The molecule has 0 heterocycles. The molecule has 4 N–H and O–H groups in total. The fourth-order valence-electron chi connectivity index (χ4n) is 4.03. The molecule has 1 aromatic rings. The number of aliphatic hydroxyl groups is 2. The molecular formula is C21H32Cl2N2O5. The van der Waals surface area contributed by atoms with Gasteiger partial charge in [-0.05, 0) is 29.5 Å². The van der Waals surface area contributed by atoms with Crippen LogP contribution in [0, 0.1) is 5.41 Å². The number of rotatable bonds is 9. The third-order valence-electron chi connectivity index (χ3n) is 5.24. The fraction of sp³-hybridized carbons (Fsp3) is 0.619. The molecule has 0 aliphatic carbocycles. The first-order valence-corrected chi connectivity index (χ1v) is 10.5. The Morgan fingerprint density at radius 1 is 1.20 bits per heavy atom. The average Bonchev–Trinajstić information content (AvgIpc) is 2.65. The first-order chi connectivity index (χ1) is 13.8. The van der Waals surface area contributed by atoms with E-state index in [1.54, 1.807) is 32.2 Å². The summed E-state index contributed by atoms with van der Waals surface area (Å²) in [4.78, 5) is 25.7. The van der Waals surface area contributed by atoms with E-state index < -0.39 is 35.7 Å². The van der Waals surface area contributed by atoms with E-state index in [1.807, 2.05) is 20.8 Å². The highest BCUT2D eigenvalue weighted by Gasteiger charge is 2.49. The van der Waals surface area contributed by atoms with Crippen molar-refractivity contribution in [3.05, 3.63) is 33.8 Å². The number of carbonyl (C=O) groups is 2. The molecule has 7 nitrogen and oxygen atoms in total. The molecule has 9 heteroatoms. The second kappa shape index (κ2) is 10.7. The SMILES string of the molecule is CCC(=O)N(C)CC(CC(O)CO)(c1ccc(Cl)c(Cl)c1)C(NC(=O)O)C(C)(C)C. The van der Waals surface area contributed by atoms with E-state index in [2.05, 4.69) is 5.32 Å². The summed E-state index contributed by atoms with van der Waals surface area (Å²) >= 11 is 12.4. The first kappa shape index (κ1) is 26.5. The largest absolute Gasteiger partial charge is 0.465 e. The summed E-state index contributed by atoms with van der Waals surface area (Å²) in [6.45, 7) is 6.92. The van der Waals surface area contributed by atoms with Gasteiger partial charge in [0, 0.05) is 31.5 Å². The highest BCUT2D eigenvalue weighted by Crippen LogP contribution is 2.43. The molecule has 1 aromatic carbocycles. The van der Waals surface area contributed by atoms with Gasteiger partial charge in [-0.2, -0.15) is 0 Å². The zero-order valence-electron chi connectivity index (χ0n) is 18.1. The molecule has 170 valence electrons. The Morgan fingerprint density at radius 2 is 1.80 bits per heavy atom. The second-order valence-electron chi connectivity index (χ2n) is 8.68. The number of nitrogens with zero attached hydrogens (tertiary/aromatic N) is 1. The van der Waals surface area contributed by atoms with Gasteiger partial charge in [-0.15, -0.1) is 0 Å². The van der Waals surface area contributed by atoms with Crippen molar-refractivity contribution in [2.45, 2.75) is 58.1 Å². The van der Waals surface area contributed by atoms with Gasteiger partial charge in [0.15, 0.2) is 0 Å². The monoisotopic (exact) mass is 462 g/mol. The summed E-state index contributed by atoms with van der Waals surface area (Å²) in [5, 5.41) is 32.8. The quantitative estimate of drug-likeness (QED) is 0.448. The van der Waals surface area contributed by atoms with Crippen molar-refractivity contribution in [2.24, 2.45) is 5.41 Å². The van der Waals surface area contributed by atoms with Gasteiger partial charge in [0.25, 0.3) is 0 Å². The lowest BCUT2D eigenvalue weighted by atomic mass is 9.62. The number of aliphatic hydroxyl groups excluding tert-OH is 2. The van der Waals surface area contributed by atoms with Crippen molar-refractivity contribution in [3.8, 4) is 0 Å². The number of halogens is 2. The van der Waals surface area contributed by atoms with Gasteiger partial charge in [0.1, 0.15) is 0 Å². The van der Waals surface area contributed by atoms with Crippen LogP contribution in [0.15, 0.2) is 18.2 Å². The Bertz CT molecular complexity index is 753. The maximum Gasteiger partial charge on any atom is 0.404 e. The smallest absolute Gasteiger partial charge is 0.404 e. The van der Waals surface area contributed by atoms with Gasteiger partial charge in [0.2, 0.25) is 5.91 Å². The van der Waals surface area contributed by atoms with Crippen LogP contribution >= 0.6 is 23.2 Å². The van der Waals surface area contributed by atoms with Crippen molar-refractivity contribution >= 4 is 35.2 Å². The number of carbonyl (C=O) groups excluding carboxylic acids is 1. The molecule has 1 rings (SSSR count). The normalized spacial score (nSPS) is 15.8. The number of hydrogen-bond acceptors (Lipinski definition) is 4. The number of benzene rings is 1. The Labute approximate surface area is 188 Å². The molecule has 0 spiro atoms. The molecule has 30 heavy (non-hydrogen) atoms. The zero-order chi connectivity index (χ0) is 23.3. The van der Waals surface area contributed by atoms with E-state index in [0.717, 1.165) is 0 Å². The third-order valence-corrected chi connectivity index (χ3v) is 5.98. The Hall–Kier alpha value is -1.54. The predicted octanol–water partition coefficient (Wildman–Crippen LogP) is 3.53. The fourth-order valence-corrected chi connectivity index (χ4v) is 4.33. The van der Waals surface area contributed by atoms with Gasteiger partial charge < -0.3 is 25.5 Å². The van der Waals surface area contributed by atoms with Gasteiger partial charge in [-0.25, -0.2) is 4.79 Å². The van der Waals surface area contributed by atoms with Crippen LogP contribution in [0.1, 0.15) is 46.1 Å². The first-order valence-electron chi connectivity index (χ1n) is 9.76. The zero-order valence-corrected chi connectivity index (χ0v) is 19.6. The highest BCUT2D eigenvalue weighted by molar-refractivity contribution is 6.42. The van der Waals surface area contributed by atoms with E-state index >= 15 is 0 Å². The molecule has 0 aromatic heterocycles. The summed E-state index contributed by atoms with van der Waals surface area (Å²) in [6, 6.07) is 4.19. The van der Waals surface area contributed by atoms with Crippen molar-refractivity contribution in [3.63, 3.8) is 0 Å². The summed E-state index contributed by atoms with van der Waals surface area (Å²) < 4.78 is 0. The minimum Gasteiger partial charge on any atom is -0.465 e. The lowest BCUT2D eigenvalue weighted by Crippen LogP contribution is -2.62. The Kier molecular flexibility index (Phi) is 9.42. The van der Waals surface area contributed by atoms with Crippen LogP contribution in [0.3, 0.4) is 0 Å². The summed E-state index contributed by atoms with van der Waals surface area (Å²) in [7, 11) is 1.63. The van der Waals surface area contributed by atoms with E-state index in [0.29, 0.717) is 10.6 Å². The van der Waals surface area contributed by atoms with Crippen molar-refractivity contribution in [1.29, 1.82) is 0 Å². The molecule has 3 atom stereocenters. The minimum absolute atomic E-state index is 0.00892. The van der Waals surface area contributed by atoms with Crippen LogP contribution in [-0.2, 0) is 10.2 Å². The molecule has 0 aliphatic heterocycles. The van der Waals surface area contributed by atoms with Crippen LogP contribution in [-0.4, -0.2) is 64.6 Å². The van der Waals surface area contributed by atoms with Gasteiger partial charge in [-0.1, -0.05) is 57.0 Å². The molecule has 2 amide bonds. The van der Waals surface area contributed by atoms with Crippen LogP contribution < -0.4 is 5.32 Å². The molecule has 0 bridgehead atoms. The van der Waals surface area contributed by atoms with Crippen LogP contribution in [0.4, 0.5) is 4.79 Å². The van der Waals surface area contributed by atoms with Crippen molar-refractivity contribution in [2.75, 3.05) is 20.2 Å². The van der Waals surface area contributed by atoms with Crippen LogP contribution in [0.2, 0.25) is 10.0 Å². The van der Waals surface area contributed by atoms with Gasteiger partial charge in [0.05, 0.1) is 22.8 Å². The molecule has 0 saturated carbocycles. The van der Waals surface area contributed by atoms with E-state index in [1.165, 1.54) is 4.90 Å². The Balaban J connectivity index is 3.84. The number of carboxylic acid groups (broad SMARTS) is 1. The van der Waals surface area contributed by atoms with Crippen molar-refractivity contribution < 1.29 is 24.9 Å². The number of nitrogens with one attached hydrogen (secondary N) is 1. The maximum absolute atomic E-state index is 12.4. The summed E-state index contributed by atoms with van der Waals surface area (Å²) in [5.41, 5.74) is -1.11. The standard InChI is InChI=1S/C21H32Cl2N2O5/c1-6-17(28)25(5)12-21(10-14(27)11-26,13-7-8-15(22)16(23)9-13)18(20(2,3)4)24-19(29)30/h7-9,14,18,24,26-27H,6,10-12H2,1-5H3,(H,29,30). The van der Waals surface area contributed by atoms with Gasteiger partial charge in [-0.3, -0.25) is 4.79 Å². The molecule has 3 unspecified atom stereocenters. The predicted molar refractivity (Wildman–Crippen MR) is 118 cm³/mol. The van der Waals surface area contributed by atoms with Crippen molar-refractivity contribution in [1.82, 2.24) is 10.2 Å². The molecule has 0 saturated heterocycles. The summed E-state index contributed by atoms with van der Waals surface area (Å²) in [5.74, 6) is -0.138. The van der Waals surface area contributed by atoms with Crippen LogP contribution in [0.25, 0.3) is 0 Å².